The van der Waals surface area contributed by atoms with Crippen LogP contribution in [-0.2, 0) is 4.79 Å². The van der Waals surface area contributed by atoms with Gasteiger partial charge in [-0.3, -0.25) is 4.79 Å². The molecule has 0 amide bonds. The van der Waals surface area contributed by atoms with Crippen LogP contribution in [-0.4, -0.2) is 5.78 Å². The van der Waals surface area contributed by atoms with E-state index in [2.05, 4.69) is 19.9 Å². The van der Waals surface area contributed by atoms with Crippen LogP contribution in [0.15, 0.2) is 11.6 Å². The zero-order valence-corrected chi connectivity index (χ0v) is 8.81. The molecule has 1 heteroatoms. The second-order valence-electron chi connectivity index (χ2n) is 4.16. The minimum Gasteiger partial charge on any atom is -0.300 e. The highest BCUT2D eigenvalue weighted by molar-refractivity contribution is 5.80. The molecule has 1 rings (SSSR count). The van der Waals surface area contributed by atoms with Gasteiger partial charge in [0.1, 0.15) is 5.78 Å². The number of carbonyl (C=O) groups excluding carboxylic acids is 1. The molecule has 13 heavy (non-hydrogen) atoms. The largest absolute Gasteiger partial charge is 0.300 e. The Balaban J connectivity index is 2.32. The van der Waals surface area contributed by atoms with Gasteiger partial charge >= 0.3 is 0 Å². The summed E-state index contributed by atoms with van der Waals surface area (Å²) >= 11 is 0. The minimum absolute atomic E-state index is 0.449. The van der Waals surface area contributed by atoms with E-state index in [1.54, 1.807) is 0 Å². The third-order valence-corrected chi connectivity index (χ3v) is 2.73. The molecular weight excluding hydrogens is 160 g/mol. The third kappa shape index (κ3) is 3.75. The molecule has 1 atom stereocenters. The van der Waals surface area contributed by atoms with Gasteiger partial charge in [-0.2, -0.15) is 0 Å². The summed E-state index contributed by atoms with van der Waals surface area (Å²) in [5, 5.41) is 0. The van der Waals surface area contributed by atoms with E-state index < -0.39 is 0 Å². The average molecular weight is 180 g/mol. The summed E-state index contributed by atoms with van der Waals surface area (Å²) < 4.78 is 0. The van der Waals surface area contributed by atoms with Gasteiger partial charge in [-0.1, -0.05) is 25.0 Å². The predicted octanol–water partition coefficient (Wildman–Crippen LogP) is 3.49. The van der Waals surface area contributed by atoms with Gasteiger partial charge in [0, 0.05) is 12.8 Å². The van der Waals surface area contributed by atoms with Crippen LogP contribution in [0.4, 0.5) is 0 Å². The van der Waals surface area contributed by atoms with E-state index in [9.17, 15) is 4.79 Å². The zero-order chi connectivity index (χ0) is 9.68. The van der Waals surface area contributed by atoms with Gasteiger partial charge in [0.25, 0.3) is 0 Å². The molecule has 0 radical (unpaired) electrons. The summed E-state index contributed by atoms with van der Waals surface area (Å²) in [4.78, 5) is 11.0. The zero-order valence-electron chi connectivity index (χ0n) is 8.81. The molecule has 1 nitrogen and oxygen atoms in total. The number of Topliss-reactive ketones (excluding diaryl/α,β-unsaturated/α-hetero) is 1. The number of allylic oxidation sites excluding steroid dienone is 2. The minimum atomic E-state index is 0.449. The number of rotatable bonds is 4. The van der Waals surface area contributed by atoms with Crippen LogP contribution in [0.1, 0.15) is 52.4 Å². The summed E-state index contributed by atoms with van der Waals surface area (Å²) in [5.74, 6) is 1.01. The molecule has 1 fully saturated rings. The highest BCUT2D eigenvalue weighted by Gasteiger charge is 2.19. The van der Waals surface area contributed by atoms with E-state index in [-0.39, 0.29) is 0 Å². The van der Waals surface area contributed by atoms with Gasteiger partial charge in [0.2, 0.25) is 0 Å². The molecule has 0 heterocycles. The van der Waals surface area contributed by atoms with Crippen molar-refractivity contribution in [2.45, 2.75) is 52.4 Å². The molecule has 1 unspecified atom stereocenters. The lowest BCUT2D eigenvalue weighted by Gasteiger charge is -2.04. The van der Waals surface area contributed by atoms with Crippen molar-refractivity contribution in [2.24, 2.45) is 5.92 Å². The Morgan fingerprint density at radius 3 is 2.92 bits per heavy atom. The molecule has 0 aromatic carbocycles. The number of ketones is 1. The smallest absolute Gasteiger partial charge is 0.133 e. The Labute approximate surface area is 81.2 Å². The maximum atomic E-state index is 11.0. The Hall–Kier alpha value is -0.590. The maximum absolute atomic E-state index is 11.0. The summed E-state index contributed by atoms with van der Waals surface area (Å²) in [6.07, 6.45) is 8.76. The molecule has 0 aromatic rings. The molecule has 0 saturated heterocycles. The molecule has 1 aliphatic rings. The van der Waals surface area contributed by atoms with Gasteiger partial charge < -0.3 is 0 Å². The second-order valence-corrected chi connectivity index (χ2v) is 4.16. The second kappa shape index (κ2) is 5.21. The van der Waals surface area contributed by atoms with Crippen molar-refractivity contribution >= 4 is 5.78 Å². The van der Waals surface area contributed by atoms with Crippen LogP contribution in [0.3, 0.4) is 0 Å². The molecule has 1 saturated carbocycles. The fourth-order valence-electron chi connectivity index (χ4n) is 1.93. The summed E-state index contributed by atoms with van der Waals surface area (Å²) in [7, 11) is 0. The van der Waals surface area contributed by atoms with Gasteiger partial charge in [-0.25, -0.2) is 0 Å². The molecule has 74 valence electrons. The summed E-state index contributed by atoms with van der Waals surface area (Å²) in [6, 6.07) is 0. The Morgan fingerprint density at radius 2 is 2.38 bits per heavy atom. The average Bonchev–Trinajstić information content (AvgIpc) is 2.48. The molecule has 0 aromatic heterocycles. The third-order valence-electron chi connectivity index (χ3n) is 2.73. The van der Waals surface area contributed by atoms with Crippen LogP contribution in [0.25, 0.3) is 0 Å². The van der Waals surface area contributed by atoms with Gasteiger partial charge in [-0.05, 0) is 32.1 Å². The summed E-state index contributed by atoms with van der Waals surface area (Å²) in [5.41, 5.74) is 1.47. The highest BCUT2D eigenvalue weighted by Crippen LogP contribution is 2.25. The summed E-state index contributed by atoms with van der Waals surface area (Å²) in [6.45, 7) is 4.41. The lowest BCUT2D eigenvalue weighted by Crippen LogP contribution is -1.92. The lowest BCUT2D eigenvalue weighted by atomic mass is 10.0. The van der Waals surface area contributed by atoms with Crippen LogP contribution in [0.5, 0.6) is 0 Å². The fraction of sp³-hybridized carbons (Fsp3) is 0.750. The Kier molecular flexibility index (Phi) is 4.20. The number of unbranched alkanes of at least 4 members (excludes halogenated alkanes) is 1. The predicted molar refractivity (Wildman–Crippen MR) is 55.6 cm³/mol. The van der Waals surface area contributed by atoms with Crippen LogP contribution in [0.2, 0.25) is 0 Å². The van der Waals surface area contributed by atoms with E-state index in [0.29, 0.717) is 11.7 Å². The van der Waals surface area contributed by atoms with Crippen LogP contribution in [0, 0.1) is 5.92 Å². The maximum Gasteiger partial charge on any atom is 0.133 e. The van der Waals surface area contributed by atoms with E-state index in [0.717, 1.165) is 19.3 Å². The van der Waals surface area contributed by atoms with Crippen molar-refractivity contribution in [3.8, 4) is 0 Å². The molecular formula is C12H20O. The quantitative estimate of drug-likeness (QED) is 0.605. The van der Waals surface area contributed by atoms with Crippen molar-refractivity contribution in [1.29, 1.82) is 0 Å². The van der Waals surface area contributed by atoms with Gasteiger partial charge in [-0.15, -0.1) is 0 Å². The van der Waals surface area contributed by atoms with Crippen molar-refractivity contribution < 1.29 is 4.79 Å². The van der Waals surface area contributed by atoms with Crippen molar-refractivity contribution in [1.82, 2.24) is 0 Å². The SMILES string of the molecule is CCCC/C(C)=C/C1CCC(=O)C1. The topological polar surface area (TPSA) is 17.1 Å². The van der Waals surface area contributed by atoms with Gasteiger partial charge in [0.05, 0.1) is 0 Å². The number of hydrogen-bond acceptors (Lipinski definition) is 1. The lowest BCUT2D eigenvalue weighted by molar-refractivity contribution is -0.117. The number of carbonyl (C=O) groups is 1. The van der Waals surface area contributed by atoms with Gasteiger partial charge in [0.15, 0.2) is 0 Å². The number of hydrogen-bond donors (Lipinski definition) is 0. The first-order valence-electron chi connectivity index (χ1n) is 5.41. The first-order chi connectivity index (χ1) is 6.22. The van der Waals surface area contributed by atoms with E-state index >= 15 is 0 Å². The molecule has 0 aliphatic heterocycles. The first kappa shape index (κ1) is 10.5. The Bertz CT molecular complexity index is 203. The monoisotopic (exact) mass is 180 g/mol. The Morgan fingerprint density at radius 1 is 1.62 bits per heavy atom. The van der Waals surface area contributed by atoms with E-state index in [1.807, 2.05) is 0 Å². The van der Waals surface area contributed by atoms with Crippen molar-refractivity contribution in [2.75, 3.05) is 0 Å². The molecule has 0 spiro atoms. The van der Waals surface area contributed by atoms with Crippen molar-refractivity contribution in [3.63, 3.8) is 0 Å². The van der Waals surface area contributed by atoms with Crippen LogP contribution >= 0.6 is 0 Å². The molecule has 0 N–H and O–H groups in total. The molecule has 1 aliphatic carbocycles. The molecule has 0 bridgehead atoms. The van der Waals surface area contributed by atoms with Crippen LogP contribution < -0.4 is 0 Å². The fourth-order valence-corrected chi connectivity index (χ4v) is 1.93. The standard InChI is InChI=1S/C12H20O/c1-3-4-5-10(2)8-11-6-7-12(13)9-11/h8,11H,3-7,9H2,1-2H3/b10-8+. The van der Waals surface area contributed by atoms with E-state index in [4.69, 9.17) is 0 Å². The first-order valence-corrected chi connectivity index (χ1v) is 5.41. The highest BCUT2D eigenvalue weighted by atomic mass is 16.1. The van der Waals surface area contributed by atoms with E-state index in [1.165, 1.54) is 24.8 Å². The normalized spacial score (nSPS) is 24.0. The van der Waals surface area contributed by atoms with Crippen molar-refractivity contribution in [3.05, 3.63) is 11.6 Å².